The van der Waals surface area contributed by atoms with Crippen LogP contribution in [0.1, 0.15) is 71.1 Å². The maximum atomic E-state index is 11.2. The predicted octanol–water partition coefficient (Wildman–Crippen LogP) is 2.92. The molecule has 0 aromatic heterocycles. The molecule has 0 bridgehead atoms. The van der Waals surface area contributed by atoms with Crippen molar-refractivity contribution in [3.8, 4) is 0 Å². The largest absolute Gasteiger partial charge is 0.479 e. The van der Waals surface area contributed by atoms with E-state index in [1.807, 2.05) is 0 Å². The van der Waals surface area contributed by atoms with E-state index in [-0.39, 0.29) is 6.42 Å². The van der Waals surface area contributed by atoms with E-state index in [0.717, 1.165) is 12.8 Å². The SMILES string of the molecule is CCCCCCCCCCCC(=O)C(O)C(=O)O. The lowest BCUT2D eigenvalue weighted by Gasteiger charge is -2.04. The van der Waals surface area contributed by atoms with Gasteiger partial charge in [-0.3, -0.25) is 4.79 Å². The number of aliphatic hydroxyl groups excluding tert-OH is 1. The van der Waals surface area contributed by atoms with Gasteiger partial charge in [0.2, 0.25) is 6.10 Å². The zero-order chi connectivity index (χ0) is 13.8. The molecular weight excluding hydrogens is 232 g/mol. The molecule has 0 aromatic carbocycles. The molecule has 0 heterocycles. The summed E-state index contributed by atoms with van der Waals surface area (Å²) in [5, 5.41) is 17.4. The standard InChI is InChI=1S/C14H26O4/c1-2-3-4-5-6-7-8-9-10-11-12(15)13(16)14(17)18/h13,16H,2-11H2,1H3,(H,17,18). The fraction of sp³-hybridized carbons (Fsp3) is 0.857. The van der Waals surface area contributed by atoms with E-state index in [4.69, 9.17) is 10.2 Å². The van der Waals surface area contributed by atoms with Gasteiger partial charge in [-0.15, -0.1) is 0 Å². The fourth-order valence-corrected chi connectivity index (χ4v) is 1.88. The molecule has 0 aromatic rings. The first-order chi connectivity index (χ1) is 8.59. The summed E-state index contributed by atoms with van der Waals surface area (Å²) in [4.78, 5) is 21.5. The highest BCUT2D eigenvalue weighted by atomic mass is 16.4. The fourth-order valence-electron chi connectivity index (χ4n) is 1.88. The van der Waals surface area contributed by atoms with Crippen LogP contribution >= 0.6 is 0 Å². The summed E-state index contributed by atoms with van der Waals surface area (Å²) in [5.74, 6) is -2.03. The Morgan fingerprint density at radius 3 is 1.78 bits per heavy atom. The van der Waals surface area contributed by atoms with E-state index in [9.17, 15) is 9.59 Å². The first-order valence-electron chi connectivity index (χ1n) is 7.03. The number of Topliss-reactive ketones (excluding diaryl/α,β-unsaturated/α-hetero) is 1. The van der Waals surface area contributed by atoms with Crippen LogP contribution in [0.3, 0.4) is 0 Å². The highest BCUT2D eigenvalue weighted by Gasteiger charge is 2.21. The van der Waals surface area contributed by atoms with Crippen molar-refractivity contribution in [3.63, 3.8) is 0 Å². The third kappa shape index (κ3) is 9.16. The molecule has 0 amide bonds. The van der Waals surface area contributed by atoms with Crippen molar-refractivity contribution in [1.82, 2.24) is 0 Å². The van der Waals surface area contributed by atoms with Crippen molar-refractivity contribution < 1.29 is 19.8 Å². The molecule has 2 N–H and O–H groups in total. The number of carbonyl (C=O) groups excluding carboxylic acids is 1. The summed E-state index contributed by atoms with van der Waals surface area (Å²) in [7, 11) is 0. The monoisotopic (exact) mass is 258 g/mol. The normalized spacial score (nSPS) is 12.3. The molecule has 0 saturated carbocycles. The van der Waals surface area contributed by atoms with E-state index in [2.05, 4.69) is 6.92 Å². The summed E-state index contributed by atoms with van der Waals surface area (Å²) < 4.78 is 0. The molecule has 0 aliphatic heterocycles. The zero-order valence-electron chi connectivity index (χ0n) is 11.4. The van der Waals surface area contributed by atoms with Crippen LogP contribution in [0.5, 0.6) is 0 Å². The molecule has 0 spiro atoms. The van der Waals surface area contributed by atoms with Gasteiger partial charge in [0.15, 0.2) is 5.78 Å². The Balaban J connectivity index is 3.30. The quantitative estimate of drug-likeness (QED) is 0.417. The molecular formula is C14H26O4. The van der Waals surface area contributed by atoms with Gasteiger partial charge in [0, 0.05) is 6.42 Å². The second kappa shape index (κ2) is 11.2. The Kier molecular flexibility index (Phi) is 10.6. The molecule has 0 aliphatic carbocycles. The Morgan fingerprint density at radius 2 is 1.33 bits per heavy atom. The van der Waals surface area contributed by atoms with Crippen LogP contribution in [0.4, 0.5) is 0 Å². The number of ketones is 1. The van der Waals surface area contributed by atoms with Crippen LogP contribution in [-0.4, -0.2) is 28.1 Å². The Morgan fingerprint density at radius 1 is 0.889 bits per heavy atom. The highest BCUT2D eigenvalue weighted by molar-refractivity contribution is 6.00. The smallest absolute Gasteiger partial charge is 0.340 e. The van der Waals surface area contributed by atoms with Crippen molar-refractivity contribution in [2.75, 3.05) is 0 Å². The maximum absolute atomic E-state index is 11.2. The van der Waals surface area contributed by atoms with E-state index in [0.29, 0.717) is 6.42 Å². The summed E-state index contributed by atoms with van der Waals surface area (Å²) in [6.07, 6.45) is 8.61. The molecule has 18 heavy (non-hydrogen) atoms. The summed E-state index contributed by atoms with van der Waals surface area (Å²) in [5.41, 5.74) is 0. The maximum Gasteiger partial charge on any atom is 0.340 e. The van der Waals surface area contributed by atoms with Crippen molar-refractivity contribution >= 4 is 11.8 Å². The van der Waals surface area contributed by atoms with E-state index >= 15 is 0 Å². The number of unbranched alkanes of at least 4 members (excludes halogenated alkanes) is 8. The van der Waals surface area contributed by atoms with Crippen molar-refractivity contribution in [1.29, 1.82) is 0 Å². The third-order valence-corrected chi connectivity index (χ3v) is 3.07. The summed E-state index contributed by atoms with van der Waals surface area (Å²) in [6.45, 7) is 2.20. The van der Waals surface area contributed by atoms with Crippen LogP contribution in [0.25, 0.3) is 0 Å². The minimum absolute atomic E-state index is 0.170. The topological polar surface area (TPSA) is 74.6 Å². The molecule has 0 fully saturated rings. The van der Waals surface area contributed by atoms with E-state index in [1.165, 1.54) is 38.5 Å². The van der Waals surface area contributed by atoms with Crippen molar-refractivity contribution in [3.05, 3.63) is 0 Å². The van der Waals surface area contributed by atoms with Crippen molar-refractivity contribution in [2.45, 2.75) is 77.2 Å². The van der Waals surface area contributed by atoms with E-state index < -0.39 is 17.9 Å². The van der Waals surface area contributed by atoms with Crippen LogP contribution in [-0.2, 0) is 9.59 Å². The number of carboxylic acids is 1. The number of aliphatic hydroxyl groups is 1. The number of carbonyl (C=O) groups is 2. The lowest BCUT2D eigenvalue weighted by atomic mass is 10.0. The molecule has 1 unspecified atom stereocenters. The zero-order valence-corrected chi connectivity index (χ0v) is 11.4. The van der Waals surface area contributed by atoms with Crippen LogP contribution in [0, 0.1) is 0 Å². The molecule has 4 nitrogen and oxygen atoms in total. The van der Waals surface area contributed by atoms with Gasteiger partial charge in [-0.05, 0) is 6.42 Å². The van der Waals surface area contributed by atoms with Gasteiger partial charge < -0.3 is 10.2 Å². The second-order valence-electron chi connectivity index (χ2n) is 4.79. The molecule has 0 rings (SSSR count). The number of hydrogen-bond donors (Lipinski definition) is 2. The molecule has 1 atom stereocenters. The summed E-state index contributed by atoms with van der Waals surface area (Å²) in [6, 6.07) is 0. The first kappa shape index (κ1) is 17.1. The van der Waals surface area contributed by atoms with Crippen LogP contribution in [0.15, 0.2) is 0 Å². The third-order valence-electron chi connectivity index (χ3n) is 3.07. The molecule has 106 valence electrons. The average molecular weight is 258 g/mol. The van der Waals surface area contributed by atoms with Crippen molar-refractivity contribution in [2.24, 2.45) is 0 Å². The number of aliphatic carboxylic acids is 1. The van der Waals surface area contributed by atoms with Gasteiger partial charge in [-0.25, -0.2) is 4.79 Å². The number of carboxylic acid groups (broad SMARTS) is 1. The number of hydrogen-bond acceptors (Lipinski definition) is 3. The average Bonchev–Trinajstić information content (AvgIpc) is 2.35. The second-order valence-corrected chi connectivity index (χ2v) is 4.79. The molecule has 0 aliphatic rings. The minimum atomic E-state index is -1.83. The van der Waals surface area contributed by atoms with Gasteiger partial charge in [0.25, 0.3) is 0 Å². The molecule has 4 heteroatoms. The highest BCUT2D eigenvalue weighted by Crippen LogP contribution is 2.11. The van der Waals surface area contributed by atoms with Gasteiger partial charge >= 0.3 is 5.97 Å². The van der Waals surface area contributed by atoms with Crippen LogP contribution in [0.2, 0.25) is 0 Å². The van der Waals surface area contributed by atoms with Gasteiger partial charge in [-0.1, -0.05) is 58.3 Å². The lowest BCUT2D eigenvalue weighted by molar-refractivity contribution is -0.152. The Hall–Kier alpha value is -0.900. The minimum Gasteiger partial charge on any atom is -0.479 e. The Labute approximate surface area is 109 Å². The van der Waals surface area contributed by atoms with Gasteiger partial charge in [-0.2, -0.15) is 0 Å². The predicted molar refractivity (Wildman–Crippen MR) is 70.5 cm³/mol. The molecule has 0 radical (unpaired) electrons. The Bertz CT molecular complexity index is 238. The molecule has 0 saturated heterocycles. The van der Waals surface area contributed by atoms with Gasteiger partial charge in [0.05, 0.1) is 0 Å². The van der Waals surface area contributed by atoms with Crippen LogP contribution < -0.4 is 0 Å². The number of rotatable bonds is 12. The summed E-state index contributed by atoms with van der Waals surface area (Å²) >= 11 is 0. The lowest BCUT2D eigenvalue weighted by Crippen LogP contribution is -2.29. The van der Waals surface area contributed by atoms with Gasteiger partial charge in [0.1, 0.15) is 0 Å². The first-order valence-corrected chi connectivity index (χ1v) is 7.03. The van der Waals surface area contributed by atoms with E-state index in [1.54, 1.807) is 0 Å².